The molecule has 1 aliphatic rings. The Labute approximate surface area is 149 Å². The van der Waals surface area contributed by atoms with Crippen LogP contribution in [0.2, 0.25) is 0 Å². The third-order valence-corrected chi connectivity index (χ3v) is 4.78. The van der Waals surface area contributed by atoms with Crippen molar-refractivity contribution < 1.29 is 22.4 Å². The van der Waals surface area contributed by atoms with Crippen LogP contribution in [-0.2, 0) is 12.6 Å². The van der Waals surface area contributed by atoms with Crippen LogP contribution in [0.5, 0.6) is 0 Å². The molecule has 2 aromatic carbocycles. The van der Waals surface area contributed by atoms with Crippen molar-refractivity contribution in [1.82, 2.24) is 4.90 Å². The molecule has 0 aliphatic carbocycles. The second-order valence-corrected chi connectivity index (χ2v) is 6.64. The lowest BCUT2D eigenvalue weighted by molar-refractivity contribution is -0.137. The number of halogens is 4. The molecule has 26 heavy (non-hydrogen) atoms. The molecule has 3 rings (SSSR count). The molecule has 0 N–H and O–H groups in total. The minimum absolute atomic E-state index is 0.183. The quantitative estimate of drug-likeness (QED) is 0.706. The Balaban J connectivity index is 1.54. The molecule has 1 saturated heterocycles. The van der Waals surface area contributed by atoms with Gasteiger partial charge in [-0.25, -0.2) is 4.39 Å². The van der Waals surface area contributed by atoms with Gasteiger partial charge < -0.3 is 4.90 Å². The summed E-state index contributed by atoms with van der Waals surface area (Å²) in [7, 11) is 0. The van der Waals surface area contributed by atoms with E-state index in [0.717, 1.165) is 30.5 Å². The number of alkyl halides is 3. The molecule has 0 saturated carbocycles. The van der Waals surface area contributed by atoms with Crippen LogP contribution in [0.15, 0.2) is 48.5 Å². The summed E-state index contributed by atoms with van der Waals surface area (Å²) >= 11 is 0. The predicted molar refractivity (Wildman–Crippen MR) is 90.2 cm³/mol. The van der Waals surface area contributed by atoms with Crippen LogP contribution in [0.1, 0.15) is 34.3 Å². The fraction of sp³-hybridized carbons (Fsp3) is 0.350. The van der Waals surface area contributed by atoms with E-state index in [9.17, 15) is 22.4 Å². The number of amides is 1. The van der Waals surface area contributed by atoms with E-state index in [4.69, 9.17) is 0 Å². The van der Waals surface area contributed by atoms with E-state index >= 15 is 0 Å². The Morgan fingerprint density at radius 1 is 1.04 bits per heavy atom. The molecule has 0 spiro atoms. The van der Waals surface area contributed by atoms with Crippen LogP contribution in [-0.4, -0.2) is 23.9 Å². The predicted octanol–water partition coefficient (Wildman–Crippen LogP) is 4.94. The summed E-state index contributed by atoms with van der Waals surface area (Å²) in [5.41, 5.74) is 0.566. The molecule has 138 valence electrons. The number of carbonyl (C=O) groups is 1. The van der Waals surface area contributed by atoms with Gasteiger partial charge in [0.1, 0.15) is 5.82 Å². The third-order valence-electron chi connectivity index (χ3n) is 4.78. The van der Waals surface area contributed by atoms with Gasteiger partial charge in [0, 0.05) is 18.7 Å². The van der Waals surface area contributed by atoms with E-state index in [0.29, 0.717) is 31.0 Å². The minimum Gasteiger partial charge on any atom is -0.339 e. The van der Waals surface area contributed by atoms with Crippen molar-refractivity contribution in [2.45, 2.75) is 25.4 Å². The summed E-state index contributed by atoms with van der Waals surface area (Å²) in [6.45, 7) is 1.14. The Bertz CT molecular complexity index is 762. The number of carbonyl (C=O) groups excluding carboxylic acids is 1. The van der Waals surface area contributed by atoms with Crippen LogP contribution in [0.25, 0.3) is 0 Å². The number of hydrogen-bond donors (Lipinski definition) is 0. The summed E-state index contributed by atoms with van der Waals surface area (Å²) in [5, 5.41) is 0. The average molecular weight is 365 g/mol. The molecule has 0 bridgehead atoms. The smallest absolute Gasteiger partial charge is 0.339 e. The second-order valence-electron chi connectivity index (χ2n) is 6.64. The maximum absolute atomic E-state index is 13.3. The van der Waals surface area contributed by atoms with Gasteiger partial charge in [-0.3, -0.25) is 4.79 Å². The normalized spacial score (nSPS) is 15.9. The summed E-state index contributed by atoms with van der Waals surface area (Å²) in [6, 6.07) is 10.9. The van der Waals surface area contributed by atoms with Crippen LogP contribution in [0.3, 0.4) is 0 Å². The van der Waals surface area contributed by atoms with Gasteiger partial charge in [-0.15, -0.1) is 0 Å². The zero-order valence-electron chi connectivity index (χ0n) is 14.1. The topological polar surface area (TPSA) is 20.3 Å². The Morgan fingerprint density at radius 3 is 2.27 bits per heavy atom. The first kappa shape index (κ1) is 18.4. The van der Waals surface area contributed by atoms with Crippen molar-refractivity contribution in [3.8, 4) is 0 Å². The van der Waals surface area contributed by atoms with Gasteiger partial charge in [-0.2, -0.15) is 13.2 Å². The Hall–Kier alpha value is -2.37. The largest absolute Gasteiger partial charge is 0.416 e. The first-order chi connectivity index (χ1) is 12.3. The summed E-state index contributed by atoms with van der Waals surface area (Å²) in [5.74, 6) is -0.297. The summed E-state index contributed by atoms with van der Waals surface area (Å²) in [4.78, 5) is 14.1. The molecule has 1 aliphatic heterocycles. The number of likely N-dealkylation sites (tertiary alicyclic amines) is 1. The molecular formula is C20H19F4NO. The highest BCUT2D eigenvalue weighted by Gasteiger charge is 2.30. The van der Waals surface area contributed by atoms with Crippen LogP contribution >= 0.6 is 0 Å². The van der Waals surface area contributed by atoms with Crippen molar-refractivity contribution in [2.24, 2.45) is 5.92 Å². The number of benzene rings is 2. The Morgan fingerprint density at radius 2 is 1.69 bits per heavy atom. The van der Waals surface area contributed by atoms with E-state index in [1.54, 1.807) is 11.0 Å². The molecular weight excluding hydrogens is 346 g/mol. The standard InChI is InChI=1S/C20H19F4NO/c21-18-3-1-2-16(13-18)19(26)25-10-8-15(9-11-25)12-14-4-6-17(7-5-14)20(22,23)24/h1-7,13,15H,8-12H2. The third kappa shape index (κ3) is 4.42. The molecule has 2 aromatic rings. The first-order valence-electron chi connectivity index (χ1n) is 8.54. The van der Waals surface area contributed by atoms with Crippen LogP contribution in [0, 0.1) is 11.7 Å². The zero-order valence-corrected chi connectivity index (χ0v) is 14.1. The average Bonchev–Trinajstić information content (AvgIpc) is 2.61. The Kier molecular flexibility index (Phi) is 5.30. The fourth-order valence-corrected chi connectivity index (χ4v) is 3.31. The van der Waals surface area contributed by atoms with E-state index in [1.165, 1.54) is 30.3 Å². The highest BCUT2D eigenvalue weighted by atomic mass is 19.4. The molecule has 0 radical (unpaired) electrons. The molecule has 0 unspecified atom stereocenters. The lowest BCUT2D eigenvalue weighted by Crippen LogP contribution is -2.38. The monoisotopic (exact) mass is 365 g/mol. The van der Waals surface area contributed by atoms with Crippen molar-refractivity contribution >= 4 is 5.91 Å². The molecule has 1 heterocycles. The van der Waals surface area contributed by atoms with Crippen molar-refractivity contribution in [3.63, 3.8) is 0 Å². The summed E-state index contributed by atoms with van der Waals surface area (Å²) in [6.07, 6.45) is -2.06. The van der Waals surface area contributed by atoms with E-state index in [1.807, 2.05) is 0 Å². The maximum Gasteiger partial charge on any atom is 0.416 e. The zero-order chi connectivity index (χ0) is 18.7. The number of rotatable bonds is 3. The van der Waals surface area contributed by atoms with Crippen LogP contribution < -0.4 is 0 Å². The molecule has 1 amide bonds. The fourth-order valence-electron chi connectivity index (χ4n) is 3.31. The lowest BCUT2D eigenvalue weighted by atomic mass is 9.89. The van der Waals surface area contributed by atoms with Gasteiger partial charge in [-0.05, 0) is 61.1 Å². The van der Waals surface area contributed by atoms with Crippen molar-refractivity contribution in [2.75, 3.05) is 13.1 Å². The number of hydrogen-bond acceptors (Lipinski definition) is 1. The van der Waals surface area contributed by atoms with E-state index in [2.05, 4.69) is 0 Å². The van der Waals surface area contributed by atoms with Gasteiger partial charge in [-0.1, -0.05) is 18.2 Å². The van der Waals surface area contributed by atoms with Crippen molar-refractivity contribution in [1.29, 1.82) is 0 Å². The molecule has 6 heteroatoms. The minimum atomic E-state index is -4.32. The van der Waals surface area contributed by atoms with Crippen LogP contribution in [0.4, 0.5) is 17.6 Å². The molecule has 1 fully saturated rings. The highest BCUT2D eigenvalue weighted by molar-refractivity contribution is 5.94. The van der Waals surface area contributed by atoms with Gasteiger partial charge in [0.25, 0.3) is 5.91 Å². The SMILES string of the molecule is O=C(c1cccc(F)c1)N1CCC(Cc2ccc(C(F)(F)F)cc2)CC1. The van der Waals surface area contributed by atoms with Crippen molar-refractivity contribution in [3.05, 3.63) is 71.0 Å². The van der Waals surface area contributed by atoms with E-state index < -0.39 is 17.6 Å². The second kappa shape index (κ2) is 7.48. The van der Waals surface area contributed by atoms with E-state index in [-0.39, 0.29) is 5.91 Å². The van der Waals surface area contributed by atoms with Gasteiger partial charge in [0.05, 0.1) is 5.56 Å². The highest BCUT2D eigenvalue weighted by Crippen LogP contribution is 2.30. The van der Waals surface area contributed by atoms with Gasteiger partial charge in [0.15, 0.2) is 0 Å². The summed E-state index contributed by atoms with van der Waals surface area (Å²) < 4.78 is 51.1. The molecule has 0 atom stereocenters. The number of piperidine rings is 1. The molecule has 0 aromatic heterocycles. The van der Waals surface area contributed by atoms with Gasteiger partial charge in [0.2, 0.25) is 0 Å². The van der Waals surface area contributed by atoms with Gasteiger partial charge >= 0.3 is 6.18 Å². The number of nitrogens with zero attached hydrogens (tertiary/aromatic N) is 1. The maximum atomic E-state index is 13.3. The lowest BCUT2D eigenvalue weighted by Gasteiger charge is -2.32. The first-order valence-corrected chi connectivity index (χ1v) is 8.54. The molecule has 2 nitrogen and oxygen atoms in total.